The number of nitrogens with one attached hydrogen (secondary N) is 2. The average molecular weight is 838 g/mol. The first-order chi connectivity index (χ1) is 30.2. The van der Waals surface area contributed by atoms with E-state index in [-0.39, 0.29) is 37.3 Å². The number of aliphatic hydroxyl groups is 1. The van der Waals surface area contributed by atoms with Gasteiger partial charge in [0.1, 0.15) is 5.82 Å². The van der Waals surface area contributed by atoms with Gasteiger partial charge in [0.05, 0.1) is 47.4 Å². The van der Waals surface area contributed by atoms with Gasteiger partial charge in [0.2, 0.25) is 17.7 Å². The molecule has 0 aliphatic carbocycles. The zero-order valence-corrected chi connectivity index (χ0v) is 35.6. The molecule has 1 unspecified atom stereocenters. The molecule has 62 heavy (non-hydrogen) atoms. The molecule has 15 heteroatoms. The fraction of sp³-hybridized carbons (Fsp3) is 0.404. The van der Waals surface area contributed by atoms with E-state index in [0.29, 0.717) is 31.7 Å². The second-order valence-corrected chi connectivity index (χ2v) is 16.7. The summed E-state index contributed by atoms with van der Waals surface area (Å²) < 4.78 is 3.77. The lowest BCUT2D eigenvalue weighted by atomic mass is 9.92. The fourth-order valence-electron chi connectivity index (χ4n) is 9.38. The minimum absolute atomic E-state index is 0.0483. The SMILES string of the molecule is Cc1nn2c(N3CCN(CCO)CC3)cc(-c3ccccc3)nc2c1-c1cccc(CCCN2CCN(C(=O)CNc3cccc4c(C5CCC(=O)NC5=O)nn(C)c34)CC2)c1. The van der Waals surface area contributed by atoms with Gasteiger partial charge in [-0.3, -0.25) is 34.2 Å². The summed E-state index contributed by atoms with van der Waals surface area (Å²) in [5.74, 6) is 0.0274. The molecule has 322 valence electrons. The molecule has 0 spiro atoms. The van der Waals surface area contributed by atoms with E-state index in [4.69, 9.17) is 10.1 Å². The molecule has 3 amide bonds. The molecular formula is C47H55N11O4. The number of aryl methyl sites for hydroxylation is 3. The van der Waals surface area contributed by atoms with Gasteiger partial charge in [-0.05, 0) is 49.9 Å². The number of amides is 3. The van der Waals surface area contributed by atoms with Crippen molar-refractivity contribution in [3.63, 3.8) is 0 Å². The zero-order chi connectivity index (χ0) is 42.7. The minimum atomic E-state index is -0.486. The number of fused-ring (bicyclic) bond motifs is 2. The van der Waals surface area contributed by atoms with Crippen LogP contribution in [0.15, 0.2) is 78.9 Å². The zero-order valence-electron chi connectivity index (χ0n) is 35.6. The third-order valence-corrected chi connectivity index (χ3v) is 12.7. The number of carbonyl (C=O) groups is 3. The largest absolute Gasteiger partial charge is 0.395 e. The molecule has 1 atom stereocenters. The number of para-hydroxylation sites is 1. The molecular weight excluding hydrogens is 783 g/mol. The molecule has 9 rings (SSSR count). The van der Waals surface area contributed by atoms with Gasteiger partial charge in [0.25, 0.3) is 0 Å². The number of anilines is 2. The monoisotopic (exact) mass is 837 g/mol. The van der Waals surface area contributed by atoms with E-state index in [2.05, 4.69) is 92.0 Å². The van der Waals surface area contributed by atoms with Gasteiger partial charge < -0.3 is 20.2 Å². The van der Waals surface area contributed by atoms with Crippen LogP contribution in [0.25, 0.3) is 38.9 Å². The van der Waals surface area contributed by atoms with E-state index < -0.39 is 5.92 Å². The Bertz CT molecular complexity index is 2590. The Kier molecular flexibility index (Phi) is 12.0. The van der Waals surface area contributed by atoms with Crippen molar-refractivity contribution in [2.75, 3.05) is 88.8 Å². The summed E-state index contributed by atoms with van der Waals surface area (Å²) in [7, 11) is 1.84. The first-order valence-electron chi connectivity index (χ1n) is 21.9. The molecule has 6 aromatic rings. The maximum absolute atomic E-state index is 13.4. The number of benzene rings is 3. The number of rotatable bonds is 13. The molecule has 3 fully saturated rings. The molecule has 3 aliphatic heterocycles. The highest BCUT2D eigenvalue weighted by Crippen LogP contribution is 2.35. The fourth-order valence-corrected chi connectivity index (χ4v) is 9.38. The Morgan fingerprint density at radius 2 is 1.60 bits per heavy atom. The van der Waals surface area contributed by atoms with Gasteiger partial charge in [0, 0.05) is 95.0 Å². The van der Waals surface area contributed by atoms with Crippen LogP contribution in [0.3, 0.4) is 0 Å². The third-order valence-electron chi connectivity index (χ3n) is 12.7. The number of aliphatic hydroxyl groups excluding tert-OH is 1. The smallest absolute Gasteiger partial charge is 0.241 e. The van der Waals surface area contributed by atoms with Crippen molar-refractivity contribution in [1.29, 1.82) is 0 Å². The number of carbonyl (C=O) groups excluding carboxylic acids is 3. The third kappa shape index (κ3) is 8.52. The highest BCUT2D eigenvalue weighted by molar-refractivity contribution is 6.03. The Hall–Kier alpha value is -6.16. The number of hydrogen-bond donors (Lipinski definition) is 3. The average Bonchev–Trinajstić information content (AvgIpc) is 3.81. The number of piperidine rings is 1. The standard InChI is InChI=1S/C47H55N11O4/c1-32-43(46-49-39(34-11-4-3-5-12-34)30-41(58(46)51-32)56-23-19-55(20-24-56)27-28-59)35-13-6-9-33(29-35)10-8-18-54-21-25-57(26-22-54)42(61)31-48-38-15-7-14-36-44(52-53(2)45(36)38)37-16-17-40(60)50-47(37)62/h3-7,9,11-15,29-30,37,48,59H,8,10,16-28,31H2,1-2H3,(H,50,60,62). The van der Waals surface area contributed by atoms with Crippen molar-refractivity contribution in [2.24, 2.45) is 7.05 Å². The lowest BCUT2D eigenvalue weighted by molar-refractivity contribution is -0.134. The van der Waals surface area contributed by atoms with Gasteiger partial charge >= 0.3 is 0 Å². The molecule has 0 radical (unpaired) electrons. The summed E-state index contributed by atoms with van der Waals surface area (Å²) in [6.07, 6.45) is 2.66. The summed E-state index contributed by atoms with van der Waals surface area (Å²) >= 11 is 0. The van der Waals surface area contributed by atoms with Gasteiger partial charge in [-0.1, -0.05) is 66.7 Å². The molecule has 15 nitrogen and oxygen atoms in total. The number of piperazine rings is 2. The predicted molar refractivity (Wildman–Crippen MR) is 240 cm³/mol. The predicted octanol–water partition coefficient (Wildman–Crippen LogP) is 4.08. The molecule has 3 saturated heterocycles. The van der Waals surface area contributed by atoms with Crippen molar-refractivity contribution in [2.45, 2.75) is 38.5 Å². The Morgan fingerprint density at radius 3 is 2.37 bits per heavy atom. The van der Waals surface area contributed by atoms with Crippen molar-refractivity contribution >= 4 is 45.8 Å². The summed E-state index contributed by atoms with van der Waals surface area (Å²) in [4.78, 5) is 52.1. The van der Waals surface area contributed by atoms with Gasteiger partial charge in [-0.25, -0.2) is 4.98 Å². The van der Waals surface area contributed by atoms with Crippen LogP contribution < -0.4 is 15.5 Å². The maximum atomic E-state index is 13.4. The second kappa shape index (κ2) is 18.1. The molecule has 3 aromatic heterocycles. The minimum Gasteiger partial charge on any atom is -0.395 e. The highest BCUT2D eigenvalue weighted by Gasteiger charge is 2.32. The van der Waals surface area contributed by atoms with Crippen molar-refractivity contribution in [3.05, 3.63) is 95.8 Å². The first-order valence-corrected chi connectivity index (χ1v) is 21.9. The van der Waals surface area contributed by atoms with E-state index in [1.807, 2.05) is 40.7 Å². The van der Waals surface area contributed by atoms with Crippen LogP contribution in [0.2, 0.25) is 0 Å². The normalized spacial score (nSPS) is 17.9. The topological polar surface area (TPSA) is 156 Å². The number of hydrogen-bond acceptors (Lipinski definition) is 11. The summed E-state index contributed by atoms with van der Waals surface area (Å²) in [5.41, 5.74) is 9.48. The number of β-amino-alcohol motifs (C(OH)–C–C–N with tert-alkyl or cyclic N) is 1. The summed E-state index contributed by atoms with van der Waals surface area (Å²) in [6, 6.07) is 27.1. The van der Waals surface area contributed by atoms with Crippen LogP contribution >= 0.6 is 0 Å². The van der Waals surface area contributed by atoms with Crippen LogP contribution in [0.5, 0.6) is 0 Å². The molecule has 3 N–H and O–H groups in total. The number of aromatic nitrogens is 5. The number of imide groups is 1. The van der Waals surface area contributed by atoms with Crippen LogP contribution in [-0.4, -0.2) is 141 Å². The van der Waals surface area contributed by atoms with Gasteiger partial charge in [-0.2, -0.15) is 14.7 Å². The van der Waals surface area contributed by atoms with Crippen LogP contribution in [0, 0.1) is 6.92 Å². The quantitative estimate of drug-likeness (QED) is 0.144. The van der Waals surface area contributed by atoms with Crippen molar-refractivity contribution in [1.82, 2.24) is 44.4 Å². The molecule has 6 heterocycles. The van der Waals surface area contributed by atoms with Crippen LogP contribution in [0.4, 0.5) is 11.5 Å². The Morgan fingerprint density at radius 1 is 0.855 bits per heavy atom. The van der Waals surface area contributed by atoms with Gasteiger partial charge in [0.15, 0.2) is 5.65 Å². The van der Waals surface area contributed by atoms with E-state index in [1.165, 1.54) is 5.56 Å². The van der Waals surface area contributed by atoms with Crippen molar-refractivity contribution < 1.29 is 19.5 Å². The Balaban J connectivity index is 0.815. The van der Waals surface area contributed by atoms with E-state index >= 15 is 0 Å². The maximum Gasteiger partial charge on any atom is 0.241 e. The summed E-state index contributed by atoms with van der Waals surface area (Å²) in [5, 5.41) is 25.9. The molecule has 3 aromatic carbocycles. The lowest BCUT2D eigenvalue weighted by Crippen LogP contribution is -2.50. The van der Waals surface area contributed by atoms with Crippen LogP contribution in [0.1, 0.15) is 42.1 Å². The van der Waals surface area contributed by atoms with E-state index in [9.17, 15) is 19.5 Å². The molecule has 3 aliphatic rings. The van der Waals surface area contributed by atoms with Crippen molar-refractivity contribution in [3.8, 4) is 22.4 Å². The highest BCUT2D eigenvalue weighted by atomic mass is 16.3. The lowest BCUT2D eigenvalue weighted by Gasteiger charge is -2.35. The van der Waals surface area contributed by atoms with E-state index in [1.54, 1.807) is 4.68 Å². The number of nitrogens with zero attached hydrogens (tertiary/aromatic N) is 9. The molecule has 0 bridgehead atoms. The van der Waals surface area contributed by atoms with E-state index in [0.717, 1.165) is 115 Å². The van der Waals surface area contributed by atoms with Gasteiger partial charge in [-0.15, -0.1) is 0 Å². The summed E-state index contributed by atoms with van der Waals surface area (Å²) in [6.45, 7) is 10.5. The first kappa shape index (κ1) is 41.2. The second-order valence-electron chi connectivity index (χ2n) is 16.7. The van der Waals surface area contributed by atoms with Crippen LogP contribution in [-0.2, 0) is 27.9 Å². The molecule has 0 saturated carbocycles. The Labute approximate surface area is 361 Å².